The van der Waals surface area contributed by atoms with Gasteiger partial charge in [0.1, 0.15) is 0 Å². The predicted octanol–water partition coefficient (Wildman–Crippen LogP) is 1.76. The normalized spacial score (nSPS) is 16.1. The Bertz CT molecular complexity index is 576. The molecule has 2 rings (SSSR count). The molecule has 0 aromatic heterocycles. The highest BCUT2D eigenvalue weighted by molar-refractivity contribution is 5.95. The lowest BCUT2D eigenvalue weighted by molar-refractivity contribution is -0.132. The van der Waals surface area contributed by atoms with E-state index >= 15 is 0 Å². The lowest BCUT2D eigenvalue weighted by atomic mass is 10.1. The molecule has 1 N–H and O–H groups in total. The molecular weight excluding hydrogens is 302 g/mol. The quantitative estimate of drug-likeness (QED) is 0.809. The Kier molecular flexibility index (Phi) is 7.00. The second kappa shape index (κ2) is 9.23. The molecule has 1 heterocycles. The van der Waals surface area contributed by atoms with Gasteiger partial charge in [0.15, 0.2) is 0 Å². The molecule has 0 spiro atoms. The summed E-state index contributed by atoms with van der Waals surface area (Å²) in [6, 6.07) is 9.78. The van der Waals surface area contributed by atoms with Crippen molar-refractivity contribution in [3.63, 3.8) is 0 Å². The molecule has 0 bridgehead atoms. The van der Waals surface area contributed by atoms with Crippen molar-refractivity contribution < 1.29 is 9.59 Å². The molecule has 1 fully saturated rings. The van der Waals surface area contributed by atoms with Crippen LogP contribution in [0.15, 0.2) is 36.4 Å². The Morgan fingerprint density at radius 2 is 1.79 bits per heavy atom. The van der Waals surface area contributed by atoms with Crippen LogP contribution in [0.25, 0.3) is 5.57 Å². The largest absolute Gasteiger partial charge is 0.352 e. The fourth-order valence-corrected chi connectivity index (χ4v) is 2.80. The first kappa shape index (κ1) is 18.2. The number of carbonyl (C=O) groups is 2. The van der Waals surface area contributed by atoms with Crippen LogP contribution in [-0.2, 0) is 9.59 Å². The summed E-state index contributed by atoms with van der Waals surface area (Å²) in [5, 5.41) is 2.80. The van der Waals surface area contributed by atoms with Crippen LogP contribution in [0.3, 0.4) is 0 Å². The molecule has 0 atom stereocenters. The van der Waals surface area contributed by atoms with Crippen LogP contribution in [0.2, 0.25) is 0 Å². The van der Waals surface area contributed by atoms with E-state index in [2.05, 4.69) is 17.1 Å². The Balaban J connectivity index is 1.72. The van der Waals surface area contributed by atoms with Crippen molar-refractivity contribution in [1.29, 1.82) is 0 Å². The standard InChI is InChI=1S/C19H27N3O2/c1-3-21-11-13-22(14-12-21)19(24)9-10-20-18(23)15-16(2)17-7-5-4-6-8-17/h4-8,15H,3,9-14H2,1-2H3,(H,20,23)/b16-15+. The zero-order valence-electron chi connectivity index (χ0n) is 14.6. The molecule has 5 nitrogen and oxygen atoms in total. The summed E-state index contributed by atoms with van der Waals surface area (Å²) in [6.45, 7) is 8.91. The van der Waals surface area contributed by atoms with Crippen molar-refractivity contribution in [3.8, 4) is 0 Å². The Morgan fingerprint density at radius 3 is 2.42 bits per heavy atom. The summed E-state index contributed by atoms with van der Waals surface area (Å²) < 4.78 is 0. The predicted molar refractivity (Wildman–Crippen MR) is 96.4 cm³/mol. The third kappa shape index (κ3) is 5.49. The van der Waals surface area contributed by atoms with E-state index in [1.54, 1.807) is 6.08 Å². The van der Waals surface area contributed by atoms with Gasteiger partial charge in [0, 0.05) is 45.2 Å². The second-order valence-corrected chi connectivity index (χ2v) is 6.05. The smallest absolute Gasteiger partial charge is 0.244 e. The highest BCUT2D eigenvalue weighted by atomic mass is 16.2. The van der Waals surface area contributed by atoms with Gasteiger partial charge >= 0.3 is 0 Å². The van der Waals surface area contributed by atoms with Crippen molar-refractivity contribution in [2.45, 2.75) is 20.3 Å². The Hall–Kier alpha value is -2.14. The van der Waals surface area contributed by atoms with E-state index < -0.39 is 0 Å². The SMILES string of the molecule is CCN1CCN(C(=O)CCNC(=O)/C=C(\C)c2ccccc2)CC1. The molecule has 0 unspecified atom stereocenters. The molecule has 2 amide bonds. The lowest BCUT2D eigenvalue weighted by Crippen LogP contribution is -2.49. The summed E-state index contributed by atoms with van der Waals surface area (Å²) in [5.74, 6) is -0.0326. The molecule has 0 saturated carbocycles. The summed E-state index contributed by atoms with van der Waals surface area (Å²) in [5.41, 5.74) is 1.94. The number of amides is 2. The number of nitrogens with zero attached hydrogens (tertiary/aromatic N) is 2. The number of hydrogen-bond acceptors (Lipinski definition) is 3. The zero-order valence-corrected chi connectivity index (χ0v) is 14.6. The van der Waals surface area contributed by atoms with Gasteiger partial charge in [-0.2, -0.15) is 0 Å². The van der Waals surface area contributed by atoms with Crippen LogP contribution < -0.4 is 5.32 Å². The summed E-state index contributed by atoms with van der Waals surface area (Å²) in [7, 11) is 0. The third-order valence-corrected chi connectivity index (χ3v) is 4.39. The average Bonchev–Trinajstić information content (AvgIpc) is 2.62. The van der Waals surface area contributed by atoms with Crippen molar-refractivity contribution in [2.24, 2.45) is 0 Å². The van der Waals surface area contributed by atoms with Gasteiger partial charge in [-0.3, -0.25) is 9.59 Å². The number of nitrogens with one attached hydrogen (secondary N) is 1. The van der Waals surface area contributed by atoms with E-state index in [4.69, 9.17) is 0 Å². The molecule has 1 aliphatic rings. The van der Waals surface area contributed by atoms with E-state index in [0.717, 1.165) is 43.9 Å². The number of benzene rings is 1. The van der Waals surface area contributed by atoms with Crippen LogP contribution in [0.4, 0.5) is 0 Å². The van der Waals surface area contributed by atoms with Crippen molar-refractivity contribution in [2.75, 3.05) is 39.3 Å². The van der Waals surface area contributed by atoms with Crippen LogP contribution in [0, 0.1) is 0 Å². The summed E-state index contributed by atoms with van der Waals surface area (Å²) in [6.07, 6.45) is 1.94. The first-order valence-electron chi connectivity index (χ1n) is 8.62. The average molecular weight is 329 g/mol. The van der Waals surface area contributed by atoms with E-state index in [1.807, 2.05) is 42.2 Å². The van der Waals surface area contributed by atoms with E-state index in [9.17, 15) is 9.59 Å². The summed E-state index contributed by atoms with van der Waals surface area (Å²) >= 11 is 0. The van der Waals surface area contributed by atoms with Gasteiger partial charge in [0.05, 0.1) is 0 Å². The Morgan fingerprint density at radius 1 is 1.12 bits per heavy atom. The minimum Gasteiger partial charge on any atom is -0.352 e. The number of allylic oxidation sites excluding steroid dienone is 1. The van der Waals surface area contributed by atoms with Crippen LogP contribution >= 0.6 is 0 Å². The minimum atomic E-state index is -0.153. The summed E-state index contributed by atoms with van der Waals surface area (Å²) in [4.78, 5) is 28.3. The topological polar surface area (TPSA) is 52.6 Å². The van der Waals surface area contributed by atoms with E-state index in [1.165, 1.54) is 0 Å². The first-order valence-corrected chi connectivity index (χ1v) is 8.62. The Labute approximate surface area is 144 Å². The van der Waals surface area contributed by atoms with Crippen molar-refractivity contribution in [1.82, 2.24) is 15.1 Å². The van der Waals surface area contributed by atoms with Gasteiger partial charge < -0.3 is 15.1 Å². The first-order chi connectivity index (χ1) is 11.6. The third-order valence-electron chi connectivity index (χ3n) is 4.39. The maximum Gasteiger partial charge on any atom is 0.244 e. The molecule has 0 aliphatic carbocycles. The van der Waals surface area contributed by atoms with Crippen LogP contribution in [-0.4, -0.2) is 60.9 Å². The fraction of sp³-hybridized carbons (Fsp3) is 0.474. The zero-order chi connectivity index (χ0) is 17.4. The fourth-order valence-electron chi connectivity index (χ4n) is 2.80. The van der Waals surface area contributed by atoms with Gasteiger partial charge in [-0.25, -0.2) is 0 Å². The minimum absolute atomic E-state index is 0.120. The molecule has 1 aliphatic heterocycles. The number of likely N-dealkylation sites (N-methyl/N-ethyl adjacent to an activating group) is 1. The molecule has 1 aromatic carbocycles. The molecule has 24 heavy (non-hydrogen) atoms. The molecule has 130 valence electrons. The van der Waals surface area contributed by atoms with Crippen LogP contribution in [0.1, 0.15) is 25.8 Å². The van der Waals surface area contributed by atoms with Gasteiger partial charge in [0.2, 0.25) is 11.8 Å². The van der Waals surface area contributed by atoms with Crippen LogP contribution in [0.5, 0.6) is 0 Å². The van der Waals surface area contributed by atoms with Gasteiger partial charge in [-0.1, -0.05) is 37.3 Å². The maximum absolute atomic E-state index is 12.2. The van der Waals surface area contributed by atoms with Gasteiger partial charge in [-0.15, -0.1) is 0 Å². The number of carbonyl (C=O) groups excluding carboxylic acids is 2. The van der Waals surface area contributed by atoms with Gasteiger partial charge in [0.25, 0.3) is 0 Å². The lowest BCUT2D eigenvalue weighted by Gasteiger charge is -2.34. The molecule has 1 saturated heterocycles. The second-order valence-electron chi connectivity index (χ2n) is 6.05. The van der Waals surface area contributed by atoms with Gasteiger partial charge in [-0.05, 0) is 24.6 Å². The molecule has 1 aromatic rings. The maximum atomic E-state index is 12.2. The highest BCUT2D eigenvalue weighted by Crippen LogP contribution is 2.12. The number of rotatable bonds is 6. The van der Waals surface area contributed by atoms with Crippen molar-refractivity contribution in [3.05, 3.63) is 42.0 Å². The molecular formula is C19H27N3O2. The molecule has 5 heteroatoms. The van der Waals surface area contributed by atoms with Crippen molar-refractivity contribution >= 4 is 17.4 Å². The molecule has 0 radical (unpaired) electrons. The van der Waals surface area contributed by atoms with E-state index in [0.29, 0.717) is 13.0 Å². The monoisotopic (exact) mass is 329 g/mol. The number of hydrogen-bond donors (Lipinski definition) is 1. The van der Waals surface area contributed by atoms with E-state index in [-0.39, 0.29) is 11.8 Å². The highest BCUT2D eigenvalue weighted by Gasteiger charge is 2.19. The number of piperazine rings is 1.